The van der Waals surface area contributed by atoms with E-state index in [1.165, 1.54) is 6.07 Å². The minimum Gasteiger partial charge on any atom is -0.465 e. The van der Waals surface area contributed by atoms with E-state index in [-0.39, 0.29) is 27.7 Å². The molecule has 8 heteroatoms. The molecule has 0 unspecified atom stereocenters. The highest BCUT2D eigenvalue weighted by Crippen LogP contribution is 2.30. The van der Waals surface area contributed by atoms with Crippen LogP contribution in [-0.4, -0.2) is 37.4 Å². The SMILES string of the molecule is CCOCCCCOC(=O)COc1nc(Cl)c(Cl)cc1Cl. The van der Waals surface area contributed by atoms with Crippen LogP contribution in [0.3, 0.4) is 0 Å². The number of ether oxygens (including phenoxy) is 3. The zero-order chi connectivity index (χ0) is 15.7. The Morgan fingerprint density at radius 3 is 2.62 bits per heavy atom. The summed E-state index contributed by atoms with van der Waals surface area (Å²) >= 11 is 17.3. The van der Waals surface area contributed by atoms with Gasteiger partial charge in [0.05, 0.1) is 11.6 Å². The van der Waals surface area contributed by atoms with Crippen LogP contribution in [0, 0.1) is 0 Å². The van der Waals surface area contributed by atoms with Crippen molar-refractivity contribution in [2.24, 2.45) is 0 Å². The van der Waals surface area contributed by atoms with Crippen LogP contribution in [0.4, 0.5) is 0 Å². The van der Waals surface area contributed by atoms with Crippen molar-refractivity contribution >= 4 is 40.8 Å². The molecular weight excluding hydrogens is 341 g/mol. The molecule has 0 bridgehead atoms. The van der Waals surface area contributed by atoms with E-state index in [0.29, 0.717) is 19.8 Å². The number of nitrogens with zero attached hydrogens (tertiary/aromatic N) is 1. The monoisotopic (exact) mass is 355 g/mol. The van der Waals surface area contributed by atoms with Crippen LogP contribution in [-0.2, 0) is 14.3 Å². The van der Waals surface area contributed by atoms with Crippen LogP contribution >= 0.6 is 34.8 Å². The summed E-state index contributed by atoms with van der Waals surface area (Å²) in [7, 11) is 0. The minimum absolute atomic E-state index is 0.0411. The zero-order valence-electron chi connectivity index (χ0n) is 11.5. The van der Waals surface area contributed by atoms with Crippen molar-refractivity contribution < 1.29 is 19.0 Å². The van der Waals surface area contributed by atoms with Gasteiger partial charge in [-0.2, -0.15) is 4.98 Å². The van der Waals surface area contributed by atoms with E-state index in [9.17, 15) is 4.79 Å². The smallest absolute Gasteiger partial charge is 0.344 e. The average molecular weight is 357 g/mol. The topological polar surface area (TPSA) is 57.7 Å². The van der Waals surface area contributed by atoms with E-state index in [2.05, 4.69) is 4.98 Å². The first-order valence-corrected chi connectivity index (χ1v) is 7.55. The van der Waals surface area contributed by atoms with E-state index in [1.807, 2.05) is 6.92 Å². The Hall–Kier alpha value is -0.750. The van der Waals surface area contributed by atoms with Crippen molar-refractivity contribution in [3.8, 4) is 5.88 Å². The standard InChI is InChI=1S/C13H16Cl3NO4/c1-2-19-5-3-4-6-20-11(18)8-21-13-10(15)7-9(14)12(16)17-13/h7H,2-6,8H2,1H3. The lowest BCUT2D eigenvalue weighted by Gasteiger charge is -2.08. The molecule has 0 aliphatic rings. The summed E-state index contributed by atoms with van der Waals surface area (Å²) in [5.74, 6) is -0.463. The van der Waals surface area contributed by atoms with Gasteiger partial charge >= 0.3 is 5.97 Å². The third-order valence-corrected chi connectivity index (χ3v) is 3.28. The van der Waals surface area contributed by atoms with Gasteiger partial charge in [0.2, 0.25) is 5.88 Å². The van der Waals surface area contributed by atoms with Crippen LogP contribution in [0.25, 0.3) is 0 Å². The average Bonchev–Trinajstić information content (AvgIpc) is 2.45. The summed E-state index contributed by atoms with van der Waals surface area (Å²) in [4.78, 5) is 15.3. The molecular formula is C13H16Cl3NO4. The number of esters is 1. The van der Waals surface area contributed by atoms with Crippen LogP contribution in [0.15, 0.2) is 6.07 Å². The highest BCUT2D eigenvalue weighted by atomic mass is 35.5. The second kappa shape index (κ2) is 10.1. The van der Waals surface area contributed by atoms with E-state index < -0.39 is 5.97 Å². The highest BCUT2D eigenvalue weighted by Gasteiger charge is 2.11. The quantitative estimate of drug-likeness (QED) is 0.383. The van der Waals surface area contributed by atoms with Gasteiger partial charge < -0.3 is 14.2 Å². The number of rotatable bonds is 9. The molecule has 1 rings (SSSR count). The molecule has 0 amide bonds. The van der Waals surface area contributed by atoms with Gasteiger partial charge in [-0.3, -0.25) is 0 Å². The number of halogens is 3. The second-order valence-corrected chi connectivity index (χ2v) is 5.13. The summed E-state index contributed by atoms with van der Waals surface area (Å²) in [6.07, 6.45) is 1.57. The molecule has 0 aliphatic carbocycles. The Kier molecular flexibility index (Phi) is 8.76. The van der Waals surface area contributed by atoms with Gasteiger partial charge in [-0.15, -0.1) is 0 Å². The maximum absolute atomic E-state index is 11.5. The number of hydrogen-bond donors (Lipinski definition) is 0. The van der Waals surface area contributed by atoms with Crippen LogP contribution in [0.5, 0.6) is 5.88 Å². The van der Waals surface area contributed by atoms with Crippen molar-refractivity contribution in [2.45, 2.75) is 19.8 Å². The van der Waals surface area contributed by atoms with E-state index >= 15 is 0 Å². The van der Waals surface area contributed by atoms with Crippen LogP contribution in [0.2, 0.25) is 15.2 Å². The van der Waals surface area contributed by atoms with Gasteiger partial charge in [0, 0.05) is 13.2 Å². The van der Waals surface area contributed by atoms with Crippen molar-refractivity contribution in [3.63, 3.8) is 0 Å². The molecule has 1 heterocycles. The minimum atomic E-state index is -0.504. The largest absolute Gasteiger partial charge is 0.465 e. The molecule has 0 spiro atoms. The third-order valence-electron chi connectivity index (χ3n) is 2.33. The van der Waals surface area contributed by atoms with Crippen molar-refractivity contribution in [3.05, 3.63) is 21.3 Å². The number of unbranched alkanes of at least 4 members (excludes halogenated alkanes) is 1. The Balaban J connectivity index is 2.25. The van der Waals surface area contributed by atoms with E-state index in [0.717, 1.165) is 12.8 Å². The van der Waals surface area contributed by atoms with Gasteiger partial charge in [-0.05, 0) is 25.8 Å². The van der Waals surface area contributed by atoms with E-state index in [4.69, 9.17) is 49.0 Å². The first-order valence-electron chi connectivity index (χ1n) is 6.42. The molecule has 118 valence electrons. The van der Waals surface area contributed by atoms with Gasteiger partial charge in [-0.25, -0.2) is 4.79 Å². The predicted molar refractivity (Wildman–Crippen MR) is 81.4 cm³/mol. The summed E-state index contributed by atoms with van der Waals surface area (Å²) in [6, 6.07) is 1.40. The van der Waals surface area contributed by atoms with Gasteiger partial charge in [0.15, 0.2) is 11.8 Å². The summed E-state index contributed by atoms with van der Waals surface area (Å²) in [6.45, 7) is 3.30. The zero-order valence-corrected chi connectivity index (χ0v) is 13.8. The summed E-state index contributed by atoms with van der Waals surface area (Å²) < 4.78 is 15.3. The Morgan fingerprint density at radius 2 is 1.90 bits per heavy atom. The predicted octanol–water partition coefficient (Wildman–Crippen LogP) is 3.78. The fraction of sp³-hybridized carbons (Fsp3) is 0.538. The first kappa shape index (κ1) is 18.3. The second-order valence-electron chi connectivity index (χ2n) is 3.96. The Labute approximate surface area is 138 Å². The fourth-order valence-corrected chi connectivity index (χ4v) is 1.88. The maximum atomic E-state index is 11.5. The number of hydrogen-bond acceptors (Lipinski definition) is 5. The van der Waals surface area contributed by atoms with Gasteiger partial charge in [0.1, 0.15) is 5.02 Å². The van der Waals surface area contributed by atoms with Crippen LogP contribution < -0.4 is 4.74 Å². The molecule has 21 heavy (non-hydrogen) atoms. The lowest BCUT2D eigenvalue weighted by molar-refractivity contribution is -0.146. The van der Waals surface area contributed by atoms with Crippen molar-refractivity contribution in [2.75, 3.05) is 26.4 Å². The normalized spacial score (nSPS) is 10.5. The van der Waals surface area contributed by atoms with Crippen LogP contribution in [0.1, 0.15) is 19.8 Å². The van der Waals surface area contributed by atoms with Gasteiger partial charge in [-0.1, -0.05) is 34.8 Å². The number of pyridine rings is 1. The van der Waals surface area contributed by atoms with Crippen molar-refractivity contribution in [1.82, 2.24) is 4.98 Å². The number of aromatic nitrogens is 1. The molecule has 0 N–H and O–H groups in total. The molecule has 5 nitrogen and oxygen atoms in total. The highest BCUT2D eigenvalue weighted by molar-refractivity contribution is 6.42. The molecule has 0 aromatic carbocycles. The van der Waals surface area contributed by atoms with E-state index in [1.54, 1.807) is 0 Å². The van der Waals surface area contributed by atoms with Crippen molar-refractivity contribution in [1.29, 1.82) is 0 Å². The lowest BCUT2D eigenvalue weighted by atomic mass is 10.3. The summed E-state index contributed by atoms with van der Waals surface area (Å²) in [5, 5.41) is 0.445. The molecule has 0 saturated carbocycles. The molecule has 0 atom stereocenters. The maximum Gasteiger partial charge on any atom is 0.344 e. The third kappa shape index (κ3) is 7.18. The van der Waals surface area contributed by atoms with Gasteiger partial charge in [0.25, 0.3) is 0 Å². The number of carbonyl (C=O) groups is 1. The Bertz CT molecular complexity index is 471. The first-order chi connectivity index (χ1) is 10.0. The summed E-state index contributed by atoms with van der Waals surface area (Å²) in [5.41, 5.74) is 0. The molecule has 0 fully saturated rings. The Morgan fingerprint density at radius 1 is 1.19 bits per heavy atom. The molecule has 1 aromatic heterocycles. The number of carbonyl (C=O) groups excluding carboxylic acids is 1. The molecule has 0 aliphatic heterocycles. The molecule has 0 saturated heterocycles. The molecule has 1 aromatic rings. The fourth-order valence-electron chi connectivity index (χ4n) is 1.34. The molecule has 0 radical (unpaired) electrons. The lowest BCUT2D eigenvalue weighted by Crippen LogP contribution is -2.16.